The van der Waals surface area contributed by atoms with Crippen molar-refractivity contribution in [3.63, 3.8) is 0 Å². The number of aromatic nitrogens is 1. The van der Waals surface area contributed by atoms with Gasteiger partial charge in [-0.25, -0.2) is 9.59 Å². The van der Waals surface area contributed by atoms with E-state index in [9.17, 15) is 9.59 Å². The third kappa shape index (κ3) is 1.42. The Morgan fingerprint density at radius 1 is 1.19 bits per heavy atom. The lowest BCUT2D eigenvalue weighted by Gasteiger charge is -1.94. The third-order valence-electron chi connectivity index (χ3n) is 2.21. The molecule has 16 heavy (non-hydrogen) atoms. The van der Waals surface area contributed by atoms with Crippen molar-refractivity contribution in [3.05, 3.63) is 34.5 Å². The highest BCUT2D eigenvalue weighted by Crippen LogP contribution is 2.28. The number of para-hydroxylation sites is 1. The van der Waals surface area contributed by atoms with E-state index in [0.717, 1.165) is 0 Å². The highest BCUT2D eigenvalue weighted by Gasteiger charge is 2.23. The third-order valence-corrected chi connectivity index (χ3v) is 2.53. The fourth-order valence-electron chi connectivity index (χ4n) is 1.56. The number of halogens is 1. The first-order valence-electron chi connectivity index (χ1n) is 4.29. The lowest BCUT2D eigenvalue weighted by Crippen LogP contribution is -2.06. The molecule has 1 heterocycles. The van der Waals surface area contributed by atoms with Crippen molar-refractivity contribution < 1.29 is 19.8 Å². The molecule has 0 saturated heterocycles. The van der Waals surface area contributed by atoms with Crippen LogP contribution in [-0.4, -0.2) is 27.1 Å². The second kappa shape index (κ2) is 3.53. The molecular weight excluding hydrogens is 234 g/mol. The van der Waals surface area contributed by atoms with Crippen molar-refractivity contribution in [2.45, 2.75) is 0 Å². The lowest BCUT2D eigenvalue weighted by molar-refractivity contribution is 0.0650. The van der Waals surface area contributed by atoms with E-state index in [2.05, 4.69) is 4.98 Å². The average molecular weight is 240 g/mol. The number of H-pyrrole nitrogens is 1. The Labute approximate surface area is 94.3 Å². The fraction of sp³-hybridized carbons (Fsp3) is 0. The summed E-state index contributed by atoms with van der Waals surface area (Å²) >= 11 is 5.83. The number of aromatic carboxylic acids is 2. The smallest absolute Gasteiger partial charge is 0.353 e. The lowest BCUT2D eigenvalue weighted by atomic mass is 10.1. The summed E-state index contributed by atoms with van der Waals surface area (Å²) in [4.78, 5) is 24.4. The Balaban J connectivity index is 2.92. The van der Waals surface area contributed by atoms with Gasteiger partial charge in [0.05, 0.1) is 16.1 Å². The number of rotatable bonds is 2. The number of hydrogen-bond acceptors (Lipinski definition) is 2. The first kappa shape index (κ1) is 10.5. The summed E-state index contributed by atoms with van der Waals surface area (Å²) in [5.74, 6) is -2.63. The number of carboxylic acid groups (broad SMARTS) is 2. The highest BCUT2D eigenvalue weighted by molar-refractivity contribution is 6.35. The van der Waals surface area contributed by atoms with Crippen molar-refractivity contribution >= 4 is 34.4 Å². The molecule has 0 fully saturated rings. The van der Waals surface area contributed by atoms with Gasteiger partial charge >= 0.3 is 11.9 Å². The second-order valence-corrected chi connectivity index (χ2v) is 3.55. The fourth-order valence-corrected chi connectivity index (χ4v) is 1.79. The number of carboxylic acids is 2. The largest absolute Gasteiger partial charge is 0.478 e. The monoisotopic (exact) mass is 239 g/mol. The maximum absolute atomic E-state index is 11.0. The number of carbonyl (C=O) groups is 2. The zero-order chi connectivity index (χ0) is 11.9. The van der Waals surface area contributed by atoms with Gasteiger partial charge in [0.25, 0.3) is 0 Å². The van der Waals surface area contributed by atoms with E-state index in [1.54, 1.807) is 12.1 Å². The predicted molar refractivity (Wildman–Crippen MR) is 57.2 cm³/mol. The van der Waals surface area contributed by atoms with Gasteiger partial charge in [0.1, 0.15) is 5.69 Å². The summed E-state index contributed by atoms with van der Waals surface area (Å²) in [6.07, 6.45) is 0. The number of aromatic amines is 1. The Kier molecular flexibility index (Phi) is 2.32. The number of hydrogen-bond donors (Lipinski definition) is 3. The minimum Gasteiger partial charge on any atom is -0.478 e. The molecule has 0 aliphatic carbocycles. The highest BCUT2D eigenvalue weighted by atomic mass is 35.5. The van der Waals surface area contributed by atoms with Crippen molar-refractivity contribution in [2.24, 2.45) is 0 Å². The Bertz CT molecular complexity index is 602. The van der Waals surface area contributed by atoms with Gasteiger partial charge in [-0.2, -0.15) is 0 Å². The Morgan fingerprint density at radius 3 is 2.44 bits per heavy atom. The SMILES string of the molecule is O=C(O)c1[nH]c2c(Cl)cccc2c1C(=O)O. The molecule has 1 aromatic heterocycles. The minimum absolute atomic E-state index is 0.273. The Hall–Kier alpha value is -2.01. The van der Waals surface area contributed by atoms with Gasteiger partial charge < -0.3 is 15.2 Å². The van der Waals surface area contributed by atoms with Crippen LogP contribution in [0.2, 0.25) is 5.02 Å². The normalized spacial score (nSPS) is 10.6. The van der Waals surface area contributed by atoms with Crippen LogP contribution in [0, 0.1) is 0 Å². The number of benzene rings is 1. The zero-order valence-electron chi connectivity index (χ0n) is 7.82. The van der Waals surface area contributed by atoms with Crippen LogP contribution in [0.3, 0.4) is 0 Å². The maximum atomic E-state index is 11.0. The molecular formula is C10H6ClNO4. The molecule has 6 heteroatoms. The summed E-state index contributed by atoms with van der Waals surface area (Å²) < 4.78 is 0. The summed E-state index contributed by atoms with van der Waals surface area (Å²) in [6.45, 7) is 0. The molecule has 2 aromatic rings. The molecule has 0 aliphatic rings. The molecule has 5 nitrogen and oxygen atoms in total. The molecule has 82 valence electrons. The van der Waals surface area contributed by atoms with Crippen molar-refractivity contribution in [3.8, 4) is 0 Å². The van der Waals surface area contributed by atoms with Crippen LogP contribution in [0.5, 0.6) is 0 Å². The van der Waals surface area contributed by atoms with Gasteiger partial charge in [0, 0.05) is 5.39 Å². The van der Waals surface area contributed by atoms with Crippen molar-refractivity contribution in [2.75, 3.05) is 0 Å². The molecule has 0 atom stereocenters. The zero-order valence-corrected chi connectivity index (χ0v) is 8.58. The summed E-state index contributed by atoms with van der Waals surface area (Å²) in [5, 5.41) is 18.4. The topological polar surface area (TPSA) is 90.4 Å². The summed E-state index contributed by atoms with van der Waals surface area (Å²) in [7, 11) is 0. The van der Waals surface area contributed by atoms with E-state index in [4.69, 9.17) is 21.8 Å². The molecule has 0 radical (unpaired) electrons. The van der Waals surface area contributed by atoms with Gasteiger partial charge in [-0.05, 0) is 6.07 Å². The summed E-state index contributed by atoms with van der Waals surface area (Å²) in [6, 6.07) is 4.63. The van der Waals surface area contributed by atoms with Crippen LogP contribution < -0.4 is 0 Å². The maximum Gasteiger partial charge on any atom is 0.353 e. The first-order chi connectivity index (χ1) is 7.52. The quantitative estimate of drug-likeness (QED) is 0.749. The van der Waals surface area contributed by atoms with Crippen LogP contribution in [0.1, 0.15) is 20.8 Å². The standard InChI is InChI=1S/C10H6ClNO4/c11-5-3-1-2-4-6(9(13)14)8(10(15)16)12-7(4)5/h1-3,12H,(H,13,14)(H,15,16). The molecule has 1 aromatic carbocycles. The van der Waals surface area contributed by atoms with Gasteiger partial charge in [0.15, 0.2) is 0 Å². The van der Waals surface area contributed by atoms with Crippen LogP contribution in [-0.2, 0) is 0 Å². The Morgan fingerprint density at radius 2 is 1.88 bits per heavy atom. The van der Waals surface area contributed by atoms with Gasteiger partial charge in [-0.1, -0.05) is 23.7 Å². The minimum atomic E-state index is -1.33. The molecule has 0 aliphatic heterocycles. The molecule has 2 rings (SSSR count). The van der Waals surface area contributed by atoms with Crippen molar-refractivity contribution in [1.29, 1.82) is 0 Å². The number of fused-ring (bicyclic) bond motifs is 1. The molecule has 0 amide bonds. The van der Waals surface area contributed by atoms with Crippen LogP contribution in [0.15, 0.2) is 18.2 Å². The van der Waals surface area contributed by atoms with Crippen LogP contribution in [0.4, 0.5) is 0 Å². The summed E-state index contributed by atoms with van der Waals surface area (Å²) in [5.41, 5.74) is -0.320. The van der Waals surface area contributed by atoms with E-state index < -0.39 is 11.9 Å². The van der Waals surface area contributed by atoms with Gasteiger partial charge in [0.2, 0.25) is 0 Å². The van der Waals surface area contributed by atoms with Gasteiger partial charge in [-0.15, -0.1) is 0 Å². The number of nitrogens with one attached hydrogen (secondary N) is 1. The van der Waals surface area contributed by atoms with Crippen molar-refractivity contribution in [1.82, 2.24) is 4.98 Å². The van der Waals surface area contributed by atoms with Gasteiger partial charge in [-0.3, -0.25) is 0 Å². The average Bonchev–Trinajstić information content (AvgIpc) is 2.58. The van der Waals surface area contributed by atoms with E-state index in [-0.39, 0.29) is 21.7 Å². The molecule has 0 spiro atoms. The van der Waals surface area contributed by atoms with E-state index in [1.165, 1.54) is 6.07 Å². The van der Waals surface area contributed by atoms with Crippen LogP contribution in [0.25, 0.3) is 10.9 Å². The van der Waals surface area contributed by atoms with E-state index >= 15 is 0 Å². The molecule has 3 N–H and O–H groups in total. The van der Waals surface area contributed by atoms with E-state index in [0.29, 0.717) is 5.52 Å². The molecule has 0 bridgehead atoms. The molecule has 0 unspecified atom stereocenters. The van der Waals surface area contributed by atoms with E-state index in [1.807, 2.05) is 0 Å². The second-order valence-electron chi connectivity index (χ2n) is 3.15. The first-order valence-corrected chi connectivity index (χ1v) is 4.67. The predicted octanol–water partition coefficient (Wildman–Crippen LogP) is 2.22. The van der Waals surface area contributed by atoms with Crippen LogP contribution >= 0.6 is 11.6 Å². The molecule has 0 saturated carbocycles.